The molecule has 0 amide bonds. The summed E-state index contributed by atoms with van der Waals surface area (Å²) in [4.78, 5) is 0. The SMILES string of the molecule is CC(NC1CCCC(O)C1)c1ccccc1. The molecule has 2 heteroatoms. The Morgan fingerprint density at radius 2 is 2.00 bits per heavy atom. The van der Waals surface area contributed by atoms with E-state index < -0.39 is 0 Å². The number of hydrogen-bond acceptors (Lipinski definition) is 2. The fourth-order valence-electron chi connectivity index (χ4n) is 2.51. The average Bonchev–Trinajstić information content (AvgIpc) is 2.30. The quantitative estimate of drug-likeness (QED) is 0.819. The molecular formula is C14H21NO. The van der Waals surface area contributed by atoms with E-state index in [9.17, 15) is 5.11 Å². The van der Waals surface area contributed by atoms with Crippen molar-refractivity contribution in [1.29, 1.82) is 0 Å². The molecule has 3 unspecified atom stereocenters. The lowest BCUT2D eigenvalue weighted by Crippen LogP contribution is -2.37. The van der Waals surface area contributed by atoms with E-state index in [0.29, 0.717) is 12.1 Å². The summed E-state index contributed by atoms with van der Waals surface area (Å²) in [5.41, 5.74) is 1.32. The number of hydrogen-bond donors (Lipinski definition) is 2. The van der Waals surface area contributed by atoms with Crippen LogP contribution in [0.4, 0.5) is 0 Å². The first-order valence-electron chi connectivity index (χ1n) is 6.25. The minimum Gasteiger partial charge on any atom is -0.393 e. The first-order chi connectivity index (χ1) is 7.75. The van der Waals surface area contributed by atoms with Crippen molar-refractivity contribution in [2.45, 2.75) is 50.8 Å². The van der Waals surface area contributed by atoms with Gasteiger partial charge >= 0.3 is 0 Å². The van der Waals surface area contributed by atoms with Gasteiger partial charge in [0.05, 0.1) is 6.10 Å². The van der Waals surface area contributed by atoms with E-state index in [-0.39, 0.29) is 6.10 Å². The van der Waals surface area contributed by atoms with Gasteiger partial charge in [0, 0.05) is 12.1 Å². The normalized spacial score (nSPS) is 27.6. The van der Waals surface area contributed by atoms with E-state index in [4.69, 9.17) is 0 Å². The van der Waals surface area contributed by atoms with Crippen LogP contribution in [0.1, 0.15) is 44.2 Å². The first-order valence-corrected chi connectivity index (χ1v) is 6.25. The summed E-state index contributed by atoms with van der Waals surface area (Å²) in [6.45, 7) is 2.19. The van der Waals surface area contributed by atoms with Gasteiger partial charge in [-0.05, 0) is 38.2 Å². The van der Waals surface area contributed by atoms with Gasteiger partial charge in [0.25, 0.3) is 0 Å². The third-order valence-corrected chi connectivity index (χ3v) is 3.43. The van der Waals surface area contributed by atoms with Gasteiger partial charge in [0.2, 0.25) is 0 Å². The summed E-state index contributed by atoms with van der Waals surface area (Å²) in [5.74, 6) is 0. The molecule has 0 radical (unpaired) electrons. The molecule has 0 bridgehead atoms. The van der Waals surface area contributed by atoms with Gasteiger partial charge in [-0.1, -0.05) is 30.3 Å². The molecule has 1 aliphatic rings. The van der Waals surface area contributed by atoms with Crippen molar-refractivity contribution in [1.82, 2.24) is 5.32 Å². The van der Waals surface area contributed by atoms with Gasteiger partial charge in [-0.15, -0.1) is 0 Å². The predicted octanol–water partition coefficient (Wildman–Crippen LogP) is 2.64. The van der Waals surface area contributed by atoms with E-state index in [1.54, 1.807) is 0 Å². The van der Waals surface area contributed by atoms with Gasteiger partial charge < -0.3 is 10.4 Å². The molecule has 1 fully saturated rings. The third-order valence-electron chi connectivity index (χ3n) is 3.43. The predicted molar refractivity (Wildman–Crippen MR) is 66.3 cm³/mol. The summed E-state index contributed by atoms with van der Waals surface area (Å²) in [6, 6.07) is 11.3. The highest BCUT2D eigenvalue weighted by Gasteiger charge is 2.21. The molecule has 88 valence electrons. The van der Waals surface area contributed by atoms with Crippen molar-refractivity contribution >= 4 is 0 Å². The van der Waals surface area contributed by atoms with Crippen molar-refractivity contribution in [2.24, 2.45) is 0 Å². The Bertz CT molecular complexity index is 312. The molecule has 1 saturated carbocycles. The monoisotopic (exact) mass is 219 g/mol. The van der Waals surface area contributed by atoms with Crippen molar-refractivity contribution in [3.05, 3.63) is 35.9 Å². The zero-order chi connectivity index (χ0) is 11.4. The standard InChI is InChI=1S/C14H21NO/c1-11(12-6-3-2-4-7-12)15-13-8-5-9-14(16)10-13/h2-4,6-7,11,13-16H,5,8-10H2,1H3. The van der Waals surface area contributed by atoms with Gasteiger partial charge in [0.1, 0.15) is 0 Å². The van der Waals surface area contributed by atoms with Crippen molar-refractivity contribution in [2.75, 3.05) is 0 Å². The lowest BCUT2D eigenvalue weighted by molar-refractivity contribution is 0.109. The van der Waals surface area contributed by atoms with E-state index >= 15 is 0 Å². The molecule has 0 spiro atoms. The van der Waals surface area contributed by atoms with Gasteiger partial charge in [-0.3, -0.25) is 0 Å². The lowest BCUT2D eigenvalue weighted by Gasteiger charge is -2.29. The fourth-order valence-corrected chi connectivity index (χ4v) is 2.51. The van der Waals surface area contributed by atoms with E-state index in [2.05, 4.69) is 36.5 Å². The number of nitrogens with one attached hydrogen (secondary N) is 1. The van der Waals surface area contributed by atoms with Gasteiger partial charge in [0.15, 0.2) is 0 Å². The second-order valence-electron chi connectivity index (χ2n) is 4.82. The highest BCUT2D eigenvalue weighted by molar-refractivity contribution is 5.18. The number of rotatable bonds is 3. The number of aliphatic hydroxyl groups is 1. The summed E-state index contributed by atoms with van der Waals surface area (Å²) in [7, 11) is 0. The van der Waals surface area contributed by atoms with Crippen LogP contribution in [0, 0.1) is 0 Å². The Labute approximate surface area is 97.7 Å². The summed E-state index contributed by atoms with van der Waals surface area (Å²) in [5, 5.41) is 13.2. The molecule has 0 aromatic heterocycles. The second-order valence-corrected chi connectivity index (χ2v) is 4.82. The molecule has 2 N–H and O–H groups in total. The first kappa shape index (κ1) is 11.6. The highest BCUT2D eigenvalue weighted by Crippen LogP contribution is 2.21. The molecule has 2 nitrogen and oxygen atoms in total. The van der Waals surface area contributed by atoms with E-state index in [1.807, 2.05) is 6.07 Å². The smallest absolute Gasteiger partial charge is 0.0555 e. The van der Waals surface area contributed by atoms with Crippen molar-refractivity contribution < 1.29 is 5.11 Å². The maximum atomic E-state index is 9.62. The Hall–Kier alpha value is -0.860. The number of aliphatic hydroxyl groups excluding tert-OH is 1. The molecule has 1 aromatic rings. The van der Waals surface area contributed by atoms with Crippen LogP contribution in [-0.2, 0) is 0 Å². The third kappa shape index (κ3) is 3.06. The molecule has 0 heterocycles. The summed E-state index contributed by atoms with van der Waals surface area (Å²) < 4.78 is 0. The van der Waals surface area contributed by atoms with Crippen molar-refractivity contribution in [3.8, 4) is 0 Å². The molecule has 16 heavy (non-hydrogen) atoms. The largest absolute Gasteiger partial charge is 0.393 e. The van der Waals surface area contributed by atoms with E-state index in [0.717, 1.165) is 19.3 Å². The Balaban J connectivity index is 1.89. The Morgan fingerprint density at radius 1 is 1.25 bits per heavy atom. The van der Waals surface area contributed by atoms with Gasteiger partial charge in [-0.25, -0.2) is 0 Å². The minimum atomic E-state index is -0.103. The summed E-state index contributed by atoms with van der Waals surface area (Å²) in [6.07, 6.45) is 4.10. The van der Waals surface area contributed by atoms with Crippen LogP contribution in [0.2, 0.25) is 0 Å². The van der Waals surface area contributed by atoms with Crippen LogP contribution < -0.4 is 5.32 Å². The molecule has 1 aromatic carbocycles. The van der Waals surface area contributed by atoms with Crippen LogP contribution in [0.15, 0.2) is 30.3 Å². The van der Waals surface area contributed by atoms with Crippen LogP contribution >= 0.6 is 0 Å². The van der Waals surface area contributed by atoms with Crippen molar-refractivity contribution in [3.63, 3.8) is 0 Å². The summed E-state index contributed by atoms with van der Waals surface area (Å²) >= 11 is 0. The molecule has 0 aliphatic heterocycles. The zero-order valence-electron chi connectivity index (χ0n) is 9.89. The molecule has 3 atom stereocenters. The van der Waals surface area contributed by atoms with Crippen LogP contribution in [0.5, 0.6) is 0 Å². The molecule has 2 rings (SSSR count). The lowest BCUT2D eigenvalue weighted by atomic mass is 9.92. The molecular weight excluding hydrogens is 198 g/mol. The van der Waals surface area contributed by atoms with Crippen LogP contribution in [0.3, 0.4) is 0 Å². The minimum absolute atomic E-state index is 0.103. The second kappa shape index (κ2) is 5.46. The number of benzene rings is 1. The van der Waals surface area contributed by atoms with E-state index in [1.165, 1.54) is 12.0 Å². The molecule has 0 saturated heterocycles. The zero-order valence-corrected chi connectivity index (χ0v) is 9.89. The average molecular weight is 219 g/mol. The maximum absolute atomic E-state index is 9.62. The maximum Gasteiger partial charge on any atom is 0.0555 e. The molecule has 1 aliphatic carbocycles. The topological polar surface area (TPSA) is 32.3 Å². The fraction of sp³-hybridized carbons (Fsp3) is 0.571. The Kier molecular flexibility index (Phi) is 3.97. The Morgan fingerprint density at radius 3 is 2.69 bits per heavy atom. The van der Waals surface area contributed by atoms with Gasteiger partial charge in [-0.2, -0.15) is 0 Å². The van der Waals surface area contributed by atoms with Crippen LogP contribution in [0.25, 0.3) is 0 Å². The van der Waals surface area contributed by atoms with Crippen LogP contribution in [-0.4, -0.2) is 17.3 Å². The highest BCUT2D eigenvalue weighted by atomic mass is 16.3.